The van der Waals surface area contributed by atoms with Gasteiger partial charge >= 0.3 is 0 Å². The van der Waals surface area contributed by atoms with Crippen LogP contribution in [-0.2, 0) is 11.2 Å². The molecule has 2 aromatic carbocycles. The van der Waals surface area contributed by atoms with E-state index in [1.807, 2.05) is 54.7 Å². The van der Waals surface area contributed by atoms with Gasteiger partial charge in [0.25, 0.3) is 0 Å². The quantitative estimate of drug-likeness (QED) is 0.398. The van der Waals surface area contributed by atoms with Gasteiger partial charge in [0.1, 0.15) is 5.84 Å². The number of rotatable bonds is 8. The van der Waals surface area contributed by atoms with Crippen LogP contribution in [0, 0.1) is 5.92 Å². The Kier molecular flexibility index (Phi) is 8.47. The summed E-state index contributed by atoms with van der Waals surface area (Å²) >= 11 is 0. The van der Waals surface area contributed by atoms with Crippen LogP contribution in [0.3, 0.4) is 0 Å². The molecular formula is C29H36N4O. The van der Waals surface area contributed by atoms with Crippen molar-refractivity contribution >= 4 is 28.8 Å². The van der Waals surface area contributed by atoms with E-state index in [1.54, 1.807) is 0 Å². The molecule has 1 aliphatic rings. The first kappa shape index (κ1) is 25.0. The monoisotopic (exact) mass is 456 g/mol. The summed E-state index contributed by atoms with van der Waals surface area (Å²) in [5.74, 6) is 1.31. The molecule has 4 N–H and O–H groups in total. The van der Waals surface area contributed by atoms with E-state index in [0.717, 1.165) is 46.8 Å². The minimum atomic E-state index is -0.0578. The second-order valence-corrected chi connectivity index (χ2v) is 8.94. The fraction of sp³-hybridized carbons (Fsp3) is 0.310. The Balaban J connectivity index is 1.77. The van der Waals surface area contributed by atoms with Crippen molar-refractivity contribution in [1.29, 1.82) is 0 Å². The Morgan fingerprint density at radius 1 is 1.09 bits per heavy atom. The Hall–Kier alpha value is -3.60. The number of nitrogens with two attached hydrogens (primary N) is 1. The predicted molar refractivity (Wildman–Crippen MR) is 144 cm³/mol. The van der Waals surface area contributed by atoms with Gasteiger partial charge in [0, 0.05) is 28.8 Å². The molecule has 0 aliphatic carbocycles. The van der Waals surface area contributed by atoms with Gasteiger partial charge in [0.15, 0.2) is 0 Å². The lowest BCUT2D eigenvalue weighted by molar-refractivity contribution is -0.115. The molecule has 1 atom stereocenters. The summed E-state index contributed by atoms with van der Waals surface area (Å²) in [6.45, 7) is 10.9. The molecule has 1 amide bonds. The van der Waals surface area contributed by atoms with Crippen molar-refractivity contribution in [1.82, 2.24) is 5.32 Å². The van der Waals surface area contributed by atoms with Crippen LogP contribution in [0.15, 0.2) is 82.5 Å². The molecule has 3 rings (SSSR count). The molecule has 0 saturated carbocycles. The number of aliphatic imine (C=N–C) groups is 1. The summed E-state index contributed by atoms with van der Waals surface area (Å²) in [5, 5.41) is 6.47. The van der Waals surface area contributed by atoms with Crippen LogP contribution in [0.5, 0.6) is 0 Å². The average Bonchev–Trinajstić information content (AvgIpc) is 3.27. The number of hydrogen-bond donors (Lipinski definition) is 3. The molecule has 178 valence electrons. The standard InChI is InChI=1S/C29H36N4O/c1-6-19(3)18-31-29-26(21(5)20(4)7-2)17-27(33-29)23-10-14-25(15-11-23)32-28(34)16-22-8-12-24(30)13-9-22/h8-15,17-18,20H,6-7,16,30H2,1-5H3,(H,31,33)(H,32,34)/b19-18?,26-21+. The van der Waals surface area contributed by atoms with E-state index >= 15 is 0 Å². The van der Waals surface area contributed by atoms with Crippen molar-refractivity contribution < 1.29 is 4.79 Å². The lowest BCUT2D eigenvalue weighted by Crippen LogP contribution is -2.18. The maximum Gasteiger partial charge on any atom is 0.228 e. The first-order valence-corrected chi connectivity index (χ1v) is 12.0. The van der Waals surface area contributed by atoms with Gasteiger partial charge in [0.05, 0.1) is 6.42 Å². The zero-order chi connectivity index (χ0) is 24.7. The molecule has 5 heteroatoms. The summed E-state index contributed by atoms with van der Waals surface area (Å²) < 4.78 is 0. The molecule has 0 bridgehead atoms. The number of amides is 1. The van der Waals surface area contributed by atoms with Gasteiger partial charge in [-0.2, -0.15) is 0 Å². The smallest absolute Gasteiger partial charge is 0.228 e. The first-order chi connectivity index (χ1) is 16.3. The summed E-state index contributed by atoms with van der Waals surface area (Å²) in [7, 11) is 0. The third-order valence-electron chi connectivity index (χ3n) is 6.37. The first-order valence-electron chi connectivity index (χ1n) is 12.0. The summed E-state index contributed by atoms with van der Waals surface area (Å²) in [5.41, 5.74) is 13.9. The fourth-order valence-corrected chi connectivity index (χ4v) is 3.60. The number of nitrogen functional groups attached to an aromatic ring is 1. The molecule has 0 spiro atoms. The molecule has 1 heterocycles. The maximum absolute atomic E-state index is 12.4. The van der Waals surface area contributed by atoms with Crippen LogP contribution in [0.25, 0.3) is 5.70 Å². The Labute approximate surface area is 203 Å². The van der Waals surface area contributed by atoms with Crippen molar-refractivity contribution in [2.75, 3.05) is 11.1 Å². The van der Waals surface area contributed by atoms with Crippen LogP contribution in [-0.4, -0.2) is 11.7 Å². The van der Waals surface area contributed by atoms with E-state index in [4.69, 9.17) is 10.7 Å². The number of benzene rings is 2. The Bertz CT molecular complexity index is 1140. The highest BCUT2D eigenvalue weighted by atomic mass is 16.1. The van der Waals surface area contributed by atoms with E-state index in [2.05, 4.69) is 51.3 Å². The number of anilines is 2. The largest absolute Gasteiger partial charge is 0.399 e. The van der Waals surface area contributed by atoms with E-state index in [0.29, 0.717) is 18.0 Å². The van der Waals surface area contributed by atoms with Gasteiger partial charge in [-0.25, -0.2) is 4.99 Å². The average molecular weight is 457 g/mol. The van der Waals surface area contributed by atoms with E-state index in [9.17, 15) is 4.79 Å². The SMILES string of the molecule is CCC(C)=CN=C1NC(c2ccc(NC(=O)Cc3ccc(N)cc3)cc2)=C/C1=C(/C)C(C)CC. The van der Waals surface area contributed by atoms with Crippen molar-refractivity contribution in [3.63, 3.8) is 0 Å². The number of carbonyl (C=O) groups excluding carboxylic acids is 1. The molecule has 0 saturated heterocycles. The van der Waals surface area contributed by atoms with Gasteiger partial charge in [0.2, 0.25) is 5.91 Å². The van der Waals surface area contributed by atoms with Crippen LogP contribution in [0.1, 0.15) is 58.6 Å². The molecular weight excluding hydrogens is 420 g/mol. The van der Waals surface area contributed by atoms with Crippen molar-refractivity contribution in [2.45, 2.75) is 53.9 Å². The maximum atomic E-state index is 12.4. The number of hydrogen-bond acceptors (Lipinski definition) is 3. The molecule has 1 unspecified atom stereocenters. The summed E-state index contributed by atoms with van der Waals surface area (Å²) in [6, 6.07) is 15.3. The molecule has 0 fully saturated rings. The fourth-order valence-electron chi connectivity index (χ4n) is 3.60. The molecule has 34 heavy (non-hydrogen) atoms. The minimum Gasteiger partial charge on any atom is -0.399 e. The number of allylic oxidation sites excluding steroid dienone is 2. The van der Waals surface area contributed by atoms with Gasteiger partial charge in [-0.15, -0.1) is 0 Å². The molecule has 0 radical (unpaired) electrons. The van der Waals surface area contributed by atoms with Crippen LogP contribution in [0.2, 0.25) is 0 Å². The van der Waals surface area contributed by atoms with Crippen molar-refractivity contribution in [2.24, 2.45) is 10.9 Å². The Morgan fingerprint density at radius 3 is 2.38 bits per heavy atom. The predicted octanol–water partition coefficient (Wildman–Crippen LogP) is 6.47. The van der Waals surface area contributed by atoms with Gasteiger partial charge in [-0.05, 0) is 74.1 Å². The second-order valence-electron chi connectivity index (χ2n) is 8.94. The number of nitrogens with one attached hydrogen (secondary N) is 2. The number of nitrogens with zero attached hydrogens (tertiary/aromatic N) is 1. The van der Waals surface area contributed by atoms with Crippen molar-refractivity contribution in [3.8, 4) is 0 Å². The topological polar surface area (TPSA) is 79.5 Å². The highest BCUT2D eigenvalue weighted by Gasteiger charge is 2.21. The zero-order valence-electron chi connectivity index (χ0n) is 20.9. The van der Waals surface area contributed by atoms with Gasteiger partial charge < -0.3 is 16.4 Å². The summed E-state index contributed by atoms with van der Waals surface area (Å²) in [6.07, 6.45) is 6.50. The third kappa shape index (κ3) is 6.47. The highest BCUT2D eigenvalue weighted by molar-refractivity contribution is 6.12. The van der Waals surface area contributed by atoms with Gasteiger partial charge in [-0.1, -0.05) is 56.2 Å². The summed E-state index contributed by atoms with van der Waals surface area (Å²) in [4.78, 5) is 17.2. The van der Waals surface area contributed by atoms with Crippen LogP contribution in [0.4, 0.5) is 11.4 Å². The highest BCUT2D eigenvalue weighted by Crippen LogP contribution is 2.28. The van der Waals surface area contributed by atoms with Crippen molar-refractivity contribution in [3.05, 3.63) is 88.7 Å². The molecule has 5 nitrogen and oxygen atoms in total. The van der Waals surface area contributed by atoms with E-state index in [1.165, 1.54) is 11.1 Å². The number of carbonyl (C=O) groups is 1. The molecule has 2 aromatic rings. The van der Waals surface area contributed by atoms with E-state index in [-0.39, 0.29) is 5.91 Å². The van der Waals surface area contributed by atoms with Crippen LogP contribution < -0.4 is 16.4 Å². The minimum absolute atomic E-state index is 0.0578. The van der Waals surface area contributed by atoms with E-state index < -0.39 is 0 Å². The number of amidine groups is 1. The van der Waals surface area contributed by atoms with Gasteiger partial charge in [-0.3, -0.25) is 4.79 Å². The lowest BCUT2D eigenvalue weighted by Gasteiger charge is -2.12. The Morgan fingerprint density at radius 2 is 1.76 bits per heavy atom. The molecule has 0 aromatic heterocycles. The van der Waals surface area contributed by atoms with Crippen LogP contribution >= 0.6 is 0 Å². The second kappa shape index (κ2) is 11.5. The lowest BCUT2D eigenvalue weighted by atomic mass is 9.94. The molecule has 1 aliphatic heterocycles. The zero-order valence-corrected chi connectivity index (χ0v) is 20.9. The normalized spacial score (nSPS) is 17.3. The third-order valence-corrected chi connectivity index (χ3v) is 6.37.